The van der Waals surface area contributed by atoms with Crippen molar-refractivity contribution in [3.8, 4) is 0 Å². The third kappa shape index (κ3) is 3.49. The summed E-state index contributed by atoms with van der Waals surface area (Å²) in [7, 11) is -1.64. The molecule has 1 aliphatic heterocycles. The molecule has 4 aliphatic rings. The summed E-state index contributed by atoms with van der Waals surface area (Å²) in [4.78, 5) is 5.97. The van der Waals surface area contributed by atoms with Crippen LogP contribution in [0.3, 0.4) is 0 Å². The van der Waals surface area contributed by atoms with Gasteiger partial charge in [0, 0.05) is 47.8 Å². The Morgan fingerprint density at radius 3 is 2.52 bits per heavy atom. The Kier molecular flexibility index (Phi) is 5.82. The van der Waals surface area contributed by atoms with Crippen molar-refractivity contribution in [2.45, 2.75) is 47.9 Å². The van der Waals surface area contributed by atoms with E-state index in [1.165, 1.54) is 52.7 Å². The lowest BCUT2D eigenvalue weighted by Gasteiger charge is -2.51. The summed E-state index contributed by atoms with van der Waals surface area (Å²) >= 11 is 4.11. The van der Waals surface area contributed by atoms with Crippen molar-refractivity contribution >= 4 is 48.6 Å². The van der Waals surface area contributed by atoms with E-state index in [1.807, 2.05) is 0 Å². The Morgan fingerprint density at radius 2 is 1.65 bits per heavy atom. The Bertz CT molecular complexity index is 1820. The van der Waals surface area contributed by atoms with Crippen LogP contribution in [0.2, 0.25) is 0 Å². The average Bonchev–Trinajstić information content (AvgIpc) is 3.35. The second-order valence-corrected chi connectivity index (χ2v) is 14.9. The van der Waals surface area contributed by atoms with E-state index >= 15 is 0 Å². The number of rotatable bonds is 3. The molecule has 0 amide bonds. The fourth-order valence-corrected chi connectivity index (χ4v) is 12.5. The summed E-state index contributed by atoms with van der Waals surface area (Å²) in [6, 6.07) is 29.6. The summed E-state index contributed by atoms with van der Waals surface area (Å²) < 4.78 is 3.83. The Labute approximate surface area is 245 Å². The van der Waals surface area contributed by atoms with E-state index in [2.05, 4.69) is 141 Å². The van der Waals surface area contributed by atoms with E-state index < -0.39 is 10.0 Å². The molecule has 40 heavy (non-hydrogen) atoms. The van der Waals surface area contributed by atoms with Gasteiger partial charge in [-0.05, 0) is 82.9 Å². The number of allylic oxidation sites excluding steroid dienone is 8. The summed E-state index contributed by atoms with van der Waals surface area (Å²) in [5, 5.41) is 5.26. The number of nitrogens with one attached hydrogen (secondary N) is 1. The minimum Gasteiger partial charge on any atom is -0.353 e. The molecule has 4 heteroatoms. The van der Waals surface area contributed by atoms with Gasteiger partial charge in [0.1, 0.15) is 0 Å². The first-order valence-electron chi connectivity index (χ1n) is 14.3. The number of hydrogen-bond acceptors (Lipinski definition) is 1. The first kappa shape index (κ1) is 24.3. The number of para-hydroxylation sites is 2. The van der Waals surface area contributed by atoms with Crippen molar-refractivity contribution < 1.29 is 0 Å². The van der Waals surface area contributed by atoms with Crippen LogP contribution in [0.15, 0.2) is 139 Å². The molecule has 0 fully saturated rings. The molecule has 8 rings (SSSR count). The van der Waals surface area contributed by atoms with Gasteiger partial charge in [-0.25, -0.2) is 0 Å². The summed E-state index contributed by atoms with van der Waals surface area (Å²) in [6.07, 6.45) is 19.5. The molecule has 2 atom stereocenters. The number of halogens is 1. The number of fused-ring (bicyclic) bond motifs is 4. The van der Waals surface area contributed by atoms with Gasteiger partial charge in [-0.2, -0.15) is 0 Å². The molecule has 2 nitrogen and oxygen atoms in total. The molecule has 2 unspecified atom stereocenters. The molecule has 1 N–H and O–H groups in total. The zero-order valence-corrected chi connectivity index (χ0v) is 24.7. The highest BCUT2D eigenvalue weighted by atomic mass is 79.9. The minimum atomic E-state index is -1.64. The topological polar surface area (TPSA) is 17.0 Å². The number of benzene rings is 3. The smallest absolute Gasteiger partial charge is 0.0618 e. The van der Waals surface area contributed by atoms with Crippen molar-refractivity contribution in [3.63, 3.8) is 0 Å². The van der Waals surface area contributed by atoms with Crippen LogP contribution in [0.1, 0.15) is 43.0 Å². The van der Waals surface area contributed by atoms with Gasteiger partial charge in [-0.3, -0.25) is 0 Å². The van der Waals surface area contributed by atoms with E-state index in [0.29, 0.717) is 0 Å². The maximum atomic E-state index is 4.11. The van der Waals surface area contributed by atoms with Crippen LogP contribution in [0.4, 0.5) is 5.69 Å². The molecule has 0 radical (unpaired) electrons. The second kappa shape index (κ2) is 9.57. The number of hydrogen-bond donors (Lipinski definition) is 1. The van der Waals surface area contributed by atoms with Gasteiger partial charge in [0.05, 0.1) is 17.4 Å². The molecular weight excluding hydrogens is 572 g/mol. The van der Waals surface area contributed by atoms with Gasteiger partial charge in [0.25, 0.3) is 0 Å². The third-order valence-corrected chi connectivity index (χ3v) is 13.7. The Hall–Kier alpha value is -3.47. The predicted octanol–water partition coefficient (Wildman–Crippen LogP) is 10.6. The van der Waals surface area contributed by atoms with Crippen LogP contribution < -0.4 is 5.32 Å². The highest BCUT2D eigenvalue weighted by Gasteiger charge is 2.45. The van der Waals surface area contributed by atoms with Crippen LogP contribution in [-0.2, 0) is 6.42 Å². The molecule has 198 valence electrons. The van der Waals surface area contributed by atoms with Crippen LogP contribution in [0.25, 0.3) is 17.0 Å². The number of anilines is 1. The lowest BCUT2D eigenvalue weighted by Crippen LogP contribution is -2.26. The van der Waals surface area contributed by atoms with Crippen LogP contribution in [0, 0.1) is 0 Å². The molecule has 0 spiro atoms. The molecule has 4 aromatic rings. The quantitative estimate of drug-likeness (QED) is 0.247. The zero-order chi connectivity index (χ0) is 26.7. The lowest BCUT2D eigenvalue weighted by atomic mass is 10.0. The fraction of sp³-hybridized carbons (Fsp3) is 0.167. The Balaban J connectivity index is 1.40. The van der Waals surface area contributed by atoms with Crippen LogP contribution in [-0.4, -0.2) is 4.57 Å². The lowest BCUT2D eigenvalue weighted by molar-refractivity contribution is 0.591. The molecule has 2 heterocycles. The van der Waals surface area contributed by atoms with E-state index in [1.54, 1.807) is 4.91 Å². The highest BCUT2D eigenvalue weighted by Crippen LogP contribution is 2.79. The normalized spacial score (nSPS) is 24.8. The van der Waals surface area contributed by atoms with Gasteiger partial charge < -0.3 is 9.88 Å². The van der Waals surface area contributed by atoms with E-state index in [-0.39, 0.29) is 6.04 Å². The maximum absolute atomic E-state index is 4.11. The zero-order valence-electron chi connectivity index (χ0n) is 22.3. The van der Waals surface area contributed by atoms with E-state index in [0.717, 1.165) is 32.1 Å². The van der Waals surface area contributed by atoms with Gasteiger partial charge in [-0.1, -0.05) is 78.9 Å². The summed E-state index contributed by atoms with van der Waals surface area (Å²) in [5.41, 5.74) is 6.70. The monoisotopic (exact) mass is 602 g/mol. The highest BCUT2D eigenvalue weighted by molar-refractivity contribution is 9.12. The molecular formula is C36H31BrN2S. The summed E-state index contributed by atoms with van der Waals surface area (Å²) in [5.74, 6) is 0. The molecule has 0 bridgehead atoms. The van der Waals surface area contributed by atoms with Gasteiger partial charge in [0.2, 0.25) is 0 Å². The van der Waals surface area contributed by atoms with E-state index in [9.17, 15) is 0 Å². The van der Waals surface area contributed by atoms with Crippen molar-refractivity contribution in [1.29, 1.82) is 0 Å². The molecule has 3 aliphatic carbocycles. The van der Waals surface area contributed by atoms with Crippen molar-refractivity contribution in [1.82, 2.24) is 4.57 Å². The third-order valence-electron chi connectivity index (χ3n) is 8.78. The van der Waals surface area contributed by atoms with Crippen molar-refractivity contribution in [2.24, 2.45) is 0 Å². The molecule has 1 aromatic heterocycles. The van der Waals surface area contributed by atoms with Crippen LogP contribution >= 0.6 is 26.0 Å². The van der Waals surface area contributed by atoms with E-state index in [4.69, 9.17) is 0 Å². The van der Waals surface area contributed by atoms with Crippen LogP contribution in [0.5, 0.6) is 0 Å². The predicted molar refractivity (Wildman–Crippen MR) is 174 cm³/mol. The largest absolute Gasteiger partial charge is 0.353 e. The van der Waals surface area contributed by atoms with Crippen molar-refractivity contribution in [2.75, 3.05) is 5.32 Å². The first-order valence-corrected chi connectivity index (χ1v) is 16.7. The second-order valence-electron chi connectivity index (χ2n) is 10.9. The number of nitrogens with zero attached hydrogens (tertiary/aromatic N) is 1. The van der Waals surface area contributed by atoms with Gasteiger partial charge >= 0.3 is 0 Å². The minimum absolute atomic E-state index is 0.232. The molecule has 3 aromatic carbocycles. The standard InChI is InChI=1S/C36H31BrN2S/c37-30-23-25(39-32-20-10-7-17-28(32)29-18-8-11-21-33(29)39)24-35-36(30)38-31-19-9-12-22-34(31)40(35,26-13-3-1-4-14-26)27-15-5-2-6-16-27/h1-5,7-10,12-15,17-20,22-23,25,38H,6,11,16,21,24H2. The fourth-order valence-electron chi connectivity index (χ4n) is 7.18. The maximum Gasteiger partial charge on any atom is 0.0618 e. The molecule has 0 saturated heterocycles. The Morgan fingerprint density at radius 1 is 0.850 bits per heavy atom. The van der Waals surface area contributed by atoms with Crippen molar-refractivity contribution in [3.05, 3.63) is 140 Å². The average molecular weight is 604 g/mol. The number of aromatic nitrogens is 1. The first-order chi connectivity index (χ1) is 19.8. The summed E-state index contributed by atoms with van der Waals surface area (Å²) in [6.45, 7) is 0. The van der Waals surface area contributed by atoms with Gasteiger partial charge in [-0.15, -0.1) is 10.0 Å². The van der Waals surface area contributed by atoms with Gasteiger partial charge in [0.15, 0.2) is 0 Å². The SMILES string of the molecule is BrC1=CC(n2c3c(c4ccccc42)C=CCC3)CC2=C1Nc1ccccc1S2(C1=CC=CCC1)c1ccccc1. The molecule has 0 saturated carbocycles.